The Kier molecular flexibility index (Phi) is 5.08. The van der Waals surface area contributed by atoms with Crippen molar-refractivity contribution in [2.24, 2.45) is 0 Å². The van der Waals surface area contributed by atoms with Crippen LogP contribution in [0.2, 0.25) is 0 Å². The van der Waals surface area contributed by atoms with E-state index in [-0.39, 0.29) is 23.6 Å². The molecule has 4 nitrogen and oxygen atoms in total. The number of hydrogen-bond acceptors (Lipinski definition) is 4. The molecule has 5 heteroatoms. The molecule has 0 saturated carbocycles. The quantitative estimate of drug-likeness (QED) is 0.524. The van der Waals surface area contributed by atoms with Crippen LogP contribution in [0.1, 0.15) is 32.6 Å². The summed E-state index contributed by atoms with van der Waals surface area (Å²) in [5, 5.41) is 3.14. The molecule has 1 aliphatic rings. The first-order valence-electron chi connectivity index (χ1n) is 9.13. The van der Waals surface area contributed by atoms with Gasteiger partial charge in [-0.3, -0.25) is 0 Å². The van der Waals surface area contributed by atoms with Gasteiger partial charge in [0.25, 0.3) is 0 Å². The van der Waals surface area contributed by atoms with Gasteiger partial charge in [0.05, 0.1) is 0 Å². The standard InChI is InChI=1S/C23H20FNO3/c1-15-20(23(26)28-17-10-6-3-7-11-17)22(19-13-25-12-18(19)21(15)24)27-14-16-8-4-2-5-9-16/h2-11,25H,12-14H2,1H3. The molecule has 0 saturated heterocycles. The first kappa shape index (κ1) is 18.2. The second kappa shape index (κ2) is 7.82. The number of halogens is 1. The monoisotopic (exact) mass is 377 g/mol. The lowest BCUT2D eigenvalue weighted by molar-refractivity contribution is 0.0728. The van der Waals surface area contributed by atoms with Gasteiger partial charge in [-0.05, 0) is 24.6 Å². The maximum Gasteiger partial charge on any atom is 0.347 e. The van der Waals surface area contributed by atoms with E-state index in [2.05, 4.69) is 5.32 Å². The third-order valence-electron chi connectivity index (χ3n) is 4.82. The van der Waals surface area contributed by atoms with Crippen LogP contribution in [-0.2, 0) is 19.7 Å². The molecule has 0 atom stereocenters. The number of carbonyl (C=O) groups is 1. The Bertz CT molecular complexity index is 1000. The van der Waals surface area contributed by atoms with E-state index < -0.39 is 5.97 Å². The smallest absolute Gasteiger partial charge is 0.347 e. The van der Waals surface area contributed by atoms with Crippen LogP contribution in [0.15, 0.2) is 60.7 Å². The van der Waals surface area contributed by atoms with E-state index in [0.717, 1.165) is 5.56 Å². The summed E-state index contributed by atoms with van der Waals surface area (Å²) in [4.78, 5) is 12.9. The molecule has 142 valence electrons. The average molecular weight is 377 g/mol. The highest BCUT2D eigenvalue weighted by Crippen LogP contribution is 2.37. The second-order valence-electron chi connectivity index (χ2n) is 6.68. The zero-order valence-corrected chi connectivity index (χ0v) is 15.5. The first-order chi connectivity index (χ1) is 13.6. The molecule has 4 rings (SSSR count). The summed E-state index contributed by atoms with van der Waals surface area (Å²) in [5.74, 6) is -0.212. The van der Waals surface area contributed by atoms with Gasteiger partial charge in [-0.2, -0.15) is 0 Å². The third-order valence-corrected chi connectivity index (χ3v) is 4.82. The lowest BCUT2D eigenvalue weighted by atomic mass is 9.98. The predicted molar refractivity (Wildman–Crippen MR) is 104 cm³/mol. The summed E-state index contributed by atoms with van der Waals surface area (Å²) in [5.41, 5.74) is 2.58. The zero-order chi connectivity index (χ0) is 19.5. The van der Waals surface area contributed by atoms with Crippen LogP contribution in [0.5, 0.6) is 11.5 Å². The van der Waals surface area contributed by atoms with Crippen LogP contribution in [0.25, 0.3) is 0 Å². The number of esters is 1. The number of ether oxygens (including phenoxy) is 2. The number of para-hydroxylation sites is 1. The normalized spacial score (nSPS) is 12.5. The van der Waals surface area contributed by atoms with Crippen molar-refractivity contribution in [2.75, 3.05) is 0 Å². The van der Waals surface area contributed by atoms with E-state index >= 15 is 0 Å². The molecule has 0 amide bonds. The highest BCUT2D eigenvalue weighted by Gasteiger charge is 2.30. The molecule has 1 heterocycles. The van der Waals surface area contributed by atoms with Crippen LogP contribution in [0, 0.1) is 12.7 Å². The summed E-state index contributed by atoms with van der Waals surface area (Å²) < 4.78 is 26.4. The van der Waals surface area contributed by atoms with Crippen molar-refractivity contribution in [1.29, 1.82) is 0 Å². The third kappa shape index (κ3) is 3.49. The lowest BCUT2D eigenvalue weighted by Gasteiger charge is -2.18. The number of carbonyl (C=O) groups excluding carboxylic acids is 1. The Morgan fingerprint density at radius 2 is 1.64 bits per heavy atom. The first-order valence-corrected chi connectivity index (χ1v) is 9.13. The van der Waals surface area contributed by atoms with Crippen molar-refractivity contribution in [3.8, 4) is 11.5 Å². The minimum absolute atomic E-state index is 0.139. The van der Waals surface area contributed by atoms with Gasteiger partial charge in [0.1, 0.15) is 29.5 Å². The molecule has 3 aromatic carbocycles. The summed E-state index contributed by atoms with van der Waals surface area (Å²) >= 11 is 0. The Hall–Kier alpha value is -3.18. The van der Waals surface area contributed by atoms with Crippen LogP contribution < -0.4 is 14.8 Å². The molecule has 0 aliphatic carbocycles. The topological polar surface area (TPSA) is 47.6 Å². The molecule has 0 spiro atoms. The number of rotatable bonds is 5. The molecule has 0 aromatic heterocycles. The van der Waals surface area contributed by atoms with E-state index in [0.29, 0.717) is 35.7 Å². The molecule has 28 heavy (non-hydrogen) atoms. The predicted octanol–water partition coefficient (Wildman–Crippen LogP) is 4.54. The van der Waals surface area contributed by atoms with Crippen LogP contribution in [0.3, 0.4) is 0 Å². The van der Waals surface area contributed by atoms with Crippen LogP contribution in [0.4, 0.5) is 4.39 Å². The fraction of sp³-hybridized carbons (Fsp3) is 0.174. The van der Waals surface area contributed by atoms with Gasteiger partial charge in [-0.15, -0.1) is 0 Å². The zero-order valence-electron chi connectivity index (χ0n) is 15.5. The maximum absolute atomic E-state index is 14.9. The minimum atomic E-state index is -0.625. The number of benzene rings is 3. The van der Waals surface area contributed by atoms with Gasteiger partial charge in [0.15, 0.2) is 0 Å². The van der Waals surface area contributed by atoms with Crippen molar-refractivity contribution >= 4 is 5.97 Å². The fourth-order valence-corrected chi connectivity index (χ4v) is 3.39. The molecule has 0 bridgehead atoms. The van der Waals surface area contributed by atoms with E-state index in [1.54, 1.807) is 31.2 Å². The Morgan fingerprint density at radius 1 is 1.00 bits per heavy atom. The van der Waals surface area contributed by atoms with E-state index in [1.807, 2.05) is 36.4 Å². The number of fused-ring (bicyclic) bond motifs is 1. The van der Waals surface area contributed by atoms with Gasteiger partial charge < -0.3 is 14.8 Å². The van der Waals surface area contributed by atoms with Gasteiger partial charge >= 0.3 is 5.97 Å². The summed E-state index contributed by atoms with van der Waals surface area (Å²) in [6, 6.07) is 18.4. The Balaban J connectivity index is 1.73. The minimum Gasteiger partial charge on any atom is -0.488 e. The van der Waals surface area contributed by atoms with Gasteiger partial charge in [0.2, 0.25) is 0 Å². The Morgan fingerprint density at radius 3 is 2.36 bits per heavy atom. The largest absolute Gasteiger partial charge is 0.488 e. The van der Waals surface area contributed by atoms with Gasteiger partial charge in [-0.1, -0.05) is 48.5 Å². The van der Waals surface area contributed by atoms with Gasteiger partial charge in [0, 0.05) is 29.8 Å². The fourth-order valence-electron chi connectivity index (χ4n) is 3.39. The van der Waals surface area contributed by atoms with Crippen molar-refractivity contribution < 1.29 is 18.7 Å². The van der Waals surface area contributed by atoms with Crippen LogP contribution >= 0.6 is 0 Å². The van der Waals surface area contributed by atoms with Crippen molar-refractivity contribution in [3.05, 3.63) is 94.3 Å². The summed E-state index contributed by atoms with van der Waals surface area (Å²) in [7, 11) is 0. The van der Waals surface area contributed by atoms with Crippen molar-refractivity contribution in [3.63, 3.8) is 0 Å². The molecular weight excluding hydrogens is 357 g/mol. The van der Waals surface area contributed by atoms with E-state index in [9.17, 15) is 9.18 Å². The van der Waals surface area contributed by atoms with Crippen molar-refractivity contribution in [2.45, 2.75) is 26.6 Å². The maximum atomic E-state index is 14.9. The molecule has 1 N–H and O–H groups in total. The molecule has 1 aliphatic heterocycles. The Labute approximate surface area is 162 Å². The highest BCUT2D eigenvalue weighted by molar-refractivity contribution is 5.96. The van der Waals surface area contributed by atoms with E-state index in [1.165, 1.54) is 0 Å². The molecule has 3 aromatic rings. The molecule has 0 fully saturated rings. The lowest BCUT2D eigenvalue weighted by Crippen LogP contribution is -2.16. The van der Waals surface area contributed by atoms with Crippen LogP contribution in [-0.4, -0.2) is 5.97 Å². The average Bonchev–Trinajstić information content (AvgIpc) is 3.21. The van der Waals surface area contributed by atoms with E-state index in [4.69, 9.17) is 9.47 Å². The molecular formula is C23H20FNO3. The molecule has 0 radical (unpaired) electrons. The molecule has 0 unspecified atom stereocenters. The second-order valence-corrected chi connectivity index (χ2v) is 6.68. The SMILES string of the molecule is Cc1c(F)c2c(c(OCc3ccccc3)c1C(=O)Oc1ccccc1)CNC2. The summed E-state index contributed by atoms with van der Waals surface area (Å²) in [6.45, 7) is 2.73. The summed E-state index contributed by atoms with van der Waals surface area (Å²) in [6.07, 6.45) is 0. The number of nitrogens with one attached hydrogen (secondary N) is 1. The highest BCUT2D eigenvalue weighted by atomic mass is 19.1. The van der Waals surface area contributed by atoms with Crippen molar-refractivity contribution in [1.82, 2.24) is 5.32 Å². The number of hydrogen-bond donors (Lipinski definition) is 1. The van der Waals surface area contributed by atoms with Gasteiger partial charge in [-0.25, -0.2) is 9.18 Å².